The zero-order valence-corrected chi connectivity index (χ0v) is 11.2. The third kappa shape index (κ3) is 4.19. The molecule has 0 heterocycles. The monoisotopic (exact) mass is 281 g/mol. The van der Waals surface area contributed by atoms with Gasteiger partial charge in [-0.15, -0.1) is 0 Å². The van der Waals surface area contributed by atoms with Gasteiger partial charge in [-0.3, -0.25) is 4.79 Å². The molecule has 0 aromatic heterocycles. The van der Waals surface area contributed by atoms with E-state index in [1.807, 2.05) is 44.2 Å². The molecule has 16 heavy (non-hydrogen) atoms. The highest BCUT2D eigenvalue weighted by molar-refractivity contribution is 9.10. The molecule has 0 unspecified atom stereocenters. The highest BCUT2D eigenvalue weighted by Gasteiger charge is 2.05. The standard InChI is InChI=1S/C13H16BrNO/c1-3-4-5-6-15-13(16)11-7-10(2)8-12(14)9-11/h3-4,7-9H,5-6H2,1-2H3,(H,15,16)/b4-3+. The molecule has 1 N–H and O–H groups in total. The molecule has 0 aliphatic carbocycles. The summed E-state index contributed by atoms with van der Waals surface area (Å²) < 4.78 is 0.936. The largest absolute Gasteiger partial charge is 0.352 e. The van der Waals surface area contributed by atoms with Crippen LogP contribution in [-0.4, -0.2) is 12.5 Å². The van der Waals surface area contributed by atoms with Gasteiger partial charge in [0.25, 0.3) is 5.91 Å². The van der Waals surface area contributed by atoms with E-state index in [1.165, 1.54) is 0 Å². The first-order valence-electron chi connectivity index (χ1n) is 5.30. The van der Waals surface area contributed by atoms with Gasteiger partial charge in [0.05, 0.1) is 0 Å². The number of nitrogens with one attached hydrogen (secondary N) is 1. The molecule has 0 spiro atoms. The third-order valence-corrected chi connectivity index (χ3v) is 2.59. The number of rotatable bonds is 4. The van der Waals surface area contributed by atoms with E-state index in [-0.39, 0.29) is 5.91 Å². The Bertz CT molecular complexity index is 379. The van der Waals surface area contributed by atoms with Crippen molar-refractivity contribution in [1.29, 1.82) is 0 Å². The summed E-state index contributed by atoms with van der Waals surface area (Å²) in [5, 5.41) is 2.88. The van der Waals surface area contributed by atoms with E-state index in [0.29, 0.717) is 12.1 Å². The van der Waals surface area contributed by atoms with Crippen LogP contribution in [0.4, 0.5) is 0 Å². The van der Waals surface area contributed by atoms with Gasteiger partial charge in [-0.25, -0.2) is 0 Å². The summed E-state index contributed by atoms with van der Waals surface area (Å²) in [7, 11) is 0. The van der Waals surface area contributed by atoms with Crippen molar-refractivity contribution in [3.8, 4) is 0 Å². The lowest BCUT2D eigenvalue weighted by atomic mass is 10.1. The average Bonchev–Trinajstić information content (AvgIpc) is 2.22. The van der Waals surface area contributed by atoms with Crippen LogP contribution < -0.4 is 5.32 Å². The number of amides is 1. The number of benzene rings is 1. The van der Waals surface area contributed by atoms with Gasteiger partial charge in [0.1, 0.15) is 0 Å². The Balaban J connectivity index is 2.59. The molecule has 1 amide bonds. The summed E-state index contributed by atoms with van der Waals surface area (Å²) in [6, 6.07) is 5.70. The predicted molar refractivity (Wildman–Crippen MR) is 70.6 cm³/mol. The van der Waals surface area contributed by atoms with Gasteiger partial charge in [0.2, 0.25) is 0 Å². The van der Waals surface area contributed by atoms with Crippen LogP contribution in [0.2, 0.25) is 0 Å². The third-order valence-electron chi connectivity index (χ3n) is 2.14. The van der Waals surface area contributed by atoms with Crippen LogP contribution in [0.15, 0.2) is 34.8 Å². The van der Waals surface area contributed by atoms with Gasteiger partial charge in [0.15, 0.2) is 0 Å². The molecule has 1 aromatic carbocycles. The van der Waals surface area contributed by atoms with Crippen molar-refractivity contribution in [2.24, 2.45) is 0 Å². The van der Waals surface area contributed by atoms with Crippen molar-refractivity contribution in [3.63, 3.8) is 0 Å². The Hall–Kier alpha value is -1.09. The second-order valence-corrected chi connectivity index (χ2v) is 4.55. The molecular weight excluding hydrogens is 266 g/mol. The maximum atomic E-state index is 11.8. The van der Waals surface area contributed by atoms with Crippen molar-refractivity contribution < 1.29 is 4.79 Å². The summed E-state index contributed by atoms with van der Waals surface area (Å²) in [5.74, 6) is -0.0195. The highest BCUT2D eigenvalue weighted by atomic mass is 79.9. The smallest absolute Gasteiger partial charge is 0.251 e. The van der Waals surface area contributed by atoms with Gasteiger partial charge < -0.3 is 5.32 Å². The summed E-state index contributed by atoms with van der Waals surface area (Å²) in [5.41, 5.74) is 1.78. The molecule has 1 rings (SSSR count). The molecule has 0 saturated carbocycles. The quantitative estimate of drug-likeness (QED) is 0.665. The number of hydrogen-bond donors (Lipinski definition) is 1. The van der Waals surface area contributed by atoms with Crippen molar-refractivity contribution >= 4 is 21.8 Å². The highest BCUT2D eigenvalue weighted by Crippen LogP contribution is 2.15. The van der Waals surface area contributed by atoms with Crippen LogP contribution in [0, 0.1) is 6.92 Å². The van der Waals surface area contributed by atoms with Crippen molar-refractivity contribution in [3.05, 3.63) is 46.0 Å². The molecule has 0 radical (unpaired) electrons. The zero-order valence-electron chi connectivity index (χ0n) is 9.59. The summed E-state index contributed by atoms with van der Waals surface area (Å²) in [4.78, 5) is 11.8. The van der Waals surface area contributed by atoms with Crippen LogP contribution in [0.25, 0.3) is 0 Å². The number of aryl methyl sites for hydroxylation is 1. The Morgan fingerprint density at radius 2 is 2.19 bits per heavy atom. The van der Waals surface area contributed by atoms with Crippen LogP contribution in [-0.2, 0) is 0 Å². The first-order chi connectivity index (χ1) is 7.63. The molecule has 0 atom stereocenters. The van der Waals surface area contributed by atoms with E-state index in [1.54, 1.807) is 0 Å². The molecule has 86 valence electrons. The van der Waals surface area contributed by atoms with Crippen molar-refractivity contribution in [2.75, 3.05) is 6.54 Å². The van der Waals surface area contributed by atoms with E-state index in [4.69, 9.17) is 0 Å². The fraction of sp³-hybridized carbons (Fsp3) is 0.308. The fourth-order valence-electron chi connectivity index (χ4n) is 1.41. The van der Waals surface area contributed by atoms with E-state index in [0.717, 1.165) is 16.5 Å². The lowest BCUT2D eigenvalue weighted by Crippen LogP contribution is -2.24. The minimum atomic E-state index is -0.0195. The Kier molecular flexibility index (Phi) is 5.26. The number of hydrogen-bond acceptors (Lipinski definition) is 1. The lowest BCUT2D eigenvalue weighted by molar-refractivity contribution is 0.0954. The molecule has 0 fully saturated rings. The van der Waals surface area contributed by atoms with Gasteiger partial charge in [-0.1, -0.05) is 28.1 Å². The van der Waals surface area contributed by atoms with Crippen LogP contribution in [0.1, 0.15) is 29.3 Å². The number of carbonyl (C=O) groups is 1. The van der Waals surface area contributed by atoms with E-state index in [2.05, 4.69) is 21.2 Å². The van der Waals surface area contributed by atoms with Crippen LogP contribution >= 0.6 is 15.9 Å². The lowest BCUT2D eigenvalue weighted by Gasteiger charge is -2.05. The Labute approximate surface area is 105 Å². The first-order valence-corrected chi connectivity index (χ1v) is 6.09. The Morgan fingerprint density at radius 1 is 1.44 bits per heavy atom. The van der Waals surface area contributed by atoms with Crippen molar-refractivity contribution in [1.82, 2.24) is 5.32 Å². The van der Waals surface area contributed by atoms with Gasteiger partial charge in [-0.05, 0) is 44.0 Å². The molecule has 0 aliphatic rings. The molecule has 0 aliphatic heterocycles. The van der Waals surface area contributed by atoms with Crippen molar-refractivity contribution in [2.45, 2.75) is 20.3 Å². The van der Waals surface area contributed by atoms with Crippen LogP contribution in [0.5, 0.6) is 0 Å². The predicted octanol–water partition coefficient (Wildman–Crippen LogP) is 3.45. The second-order valence-electron chi connectivity index (χ2n) is 3.63. The van der Waals surface area contributed by atoms with Gasteiger partial charge in [0, 0.05) is 16.6 Å². The molecule has 0 bridgehead atoms. The first kappa shape index (κ1) is 13.0. The number of allylic oxidation sites excluding steroid dienone is 1. The Morgan fingerprint density at radius 3 is 2.81 bits per heavy atom. The summed E-state index contributed by atoms with van der Waals surface area (Å²) in [6.07, 6.45) is 4.89. The van der Waals surface area contributed by atoms with Gasteiger partial charge in [-0.2, -0.15) is 0 Å². The normalized spacial score (nSPS) is 10.7. The summed E-state index contributed by atoms with van der Waals surface area (Å²) >= 11 is 3.38. The molecule has 1 aromatic rings. The van der Waals surface area contributed by atoms with E-state index >= 15 is 0 Å². The van der Waals surface area contributed by atoms with E-state index < -0.39 is 0 Å². The molecule has 3 heteroatoms. The number of halogens is 1. The maximum absolute atomic E-state index is 11.8. The molecule has 2 nitrogen and oxygen atoms in total. The average molecular weight is 282 g/mol. The second kappa shape index (κ2) is 6.48. The topological polar surface area (TPSA) is 29.1 Å². The van der Waals surface area contributed by atoms with Gasteiger partial charge >= 0.3 is 0 Å². The zero-order chi connectivity index (χ0) is 12.0. The minimum absolute atomic E-state index is 0.0195. The van der Waals surface area contributed by atoms with E-state index in [9.17, 15) is 4.79 Å². The molecular formula is C13H16BrNO. The fourth-order valence-corrected chi connectivity index (χ4v) is 2.01. The number of carbonyl (C=O) groups excluding carboxylic acids is 1. The molecule has 0 saturated heterocycles. The maximum Gasteiger partial charge on any atom is 0.251 e. The van der Waals surface area contributed by atoms with Crippen LogP contribution in [0.3, 0.4) is 0 Å². The summed E-state index contributed by atoms with van der Waals surface area (Å²) in [6.45, 7) is 4.62. The SMILES string of the molecule is C/C=C/CCNC(=O)c1cc(C)cc(Br)c1. The minimum Gasteiger partial charge on any atom is -0.352 e.